The number of aromatic nitrogens is 3. The van der Waals surface area contributed by atoms with Crippen LogP contribution in [0.2, 0.25) is 0 Å². The van der Waals surface area contributed by atoms with Crippen LogP contribution < -0.4 is 0 Å². The fourth-order valence-corrected chi connectivity index (χ4v) is 8.39. The molecule has 3 aromatic heterocycles. The maximum absolute atomic E-state index is 2.49. The van der Waals surface area contributed by atoms with Gasteiger partial charge >= 0.3 is 0 Å². The first-order valence-corrected chi connectivity index (χ1v) is 16.9. The molecule has 0 atom stereocenters. The minimum atomic E-state index is 1.14. The summed E-state index contributed by atoms with van der Waals surface area (Å²) in [7, 11) is 0. The monoisotopic (exact) mass is 623 g/mol. The van der Waals surface area contributed by atoms with Crippen molar-refractivity contribution < 1.29 is 0 Å². The Hall–Kier alpha value is -6.58. The SMILES string of the molecule is c1ccc(-n2c3cc(-n4c5ccccc5c5ccccc54)c(-n4c5ccccc5c5ccccc54)cc3c3c4ccccc4ccc32)cc1. The molecular weight excluding hydrogens is 595 g/mol. The second kappa shape index (κ2) is 9.96. The topological polar surface area (TPSA) is 14.8 Å². The van der Waals surface area contributed by atoms with E-state index in [9.17, 15) is 0 Å². The standard InChI is InChI=1S/C46H29N3/c1-2-15-31(16-3-1)47-42-27-26-30-14-4-5-17-32(30)46(42)37-28-44(48-38-22-10-6-18-33(38)34-19-7-11-23-39(34)48)45(29-43(37)47)49-40-24-12-8-20-35(40)36-21-9-13-25-41(36)49/h1-29H. The summed E-state index contributed by atoms with van der Waals surface area (Å²) in [6.45, 7) is 0. The first kappa shape index (κ1) is 26.5. The molecule has 0 aliphatic heterocycles. The summed E-state index contributed by atoms with van der Waals surface area (Å²) in [5.41, 5.74) is 10.6. The highest BCUT2D eigenvalue weighted by molar-refractivity contribution is 6.22. The lowest BCUT2D eigenvalue weighted by Gasteiger charge is -2.18. The lowest BCUT2D eigenvalue weighted by Crippen LogP contribution is -2.04. The summed E-state index contributed by atoms with van der Waals surface area (Å²) in [4.78, 5) is 0. The minimum absolute atomic E-state index is 1.14. The van der Waals surface area contributed by atoms with E-state index in [1.165, 1.54) is 76.2 Å². The average Bonchev–Trinajstić information content (AvgIpc) is 3.80. The Labute approximate surface area is 282 Å². The van der Waals surface area contributed by atoms with Crippen LogP contribution in [-0.2, 0) is 0 Å². The molecule has 0 saturated carbocycles. The molecule has 3 nitrogen and oxygen atoms in total. The average molecular weight is 624 g/mol. The van der Waals surface area contributed by atoms with Crippen molar-refractivity contribution in [1.82, 2.24) is 13.7 Å². The Morgan fingerprint density at radius 3 is 1.27 bits per heavy atom. The molecule has 3 heteroatoms. The summed E-state index contributed by atoms with van der Waals surface area (Å²) in [6.07, 6.45) is 0. The number of rotatable bonds is 3. The third-order valence-electron chi connectivity index (χ3n) is 10.4. The third-order valence-corrected chi connectivity index (χ3v) is 10.4. The highest BCUT2D eigenvalue weighted by atomic mass is 15.1. The number of hydrogen-bond acceptors (Lipinski definition) is 0. The normalized spacial score (nSPS) is 12.1. The van der Waals surface area contributed by atoms with Gasteiger partial charge in [-0.25, -0.2) is 0 Å². The van der Waals surface area contributed by atoms with E-state index in [0.717, 1.165) is 17.1 Å². The summed E-state index contributed by atoms with van der Waals surface area (Å²) in [6, 6.07) is 64.3. The van der Waals surface area contributed by atoms with Crippen molar-refractivity contribution in [2.24, 2.45) is 0 Å². The number of fused-ring (bicyclic) bond motifs is 11. The van der Waals surface area contributed by atoms with E-state index in [2.05, 4.69) is 190 Å². The van der Waals surface area contributed by atoms with Gasteiger partial charge in [-0.05, 0) is 65.4 Å². The molecule has 0 fully saturated rings. The van der Waals surface area contributed by atoms with Crippen LogP contribution in [-0.4, -0.2) is 13.7 Å². The van der Waals surface area contributed by atoms with Crippen LogP contribution in [0.15, 0.2) is 176 Å². The van der Waals surface area contributed by atoms with Gasteiger partial charge in [0.05, 0.1) is 44.5 Å². The quantitative estimate of drug-likeness (QED) is 0.186. The second-order valence-electron chi connectivity index (χ2n) is 12.9. The highest BCUT2D eigenvalue weighted by Gasteiger charge is 2.23. The zero-order valence-corrected chi connectivity index (χ0v) is 26.6. The lowest BCUT2D eigenvalue weighted by molar-refractivity contribution is 1.09. The van der Waals surface area contributed by atoms with Crippen LogP contribution in [0.5, 0.6) is 0 Å². The summed E-state index contributed by atoms with van der Waals surface area (Å²) >= 11 is 0. The predicted molar refractivity (Wildman–Crippen MR) is 207 cm³/mol. The van der Waals surface area contributed by atoms with E-state index in [4.69, 9.17) is 0 Å². The fraction of sp³-hybridized carbons (Fsp3) is 0. The van der Waals surface area contributed by atoms with E-state index < -0.39 is 0 Å². The molecule has 0 N–H and O–H groups in total. The Morgan fingerprint density at radius 1 is 0.265 bits per heavy atom. The molecule has 0 radical (unpaired) electrons. The highest BCUT2D eigenvalue weighted by Crippen LogP contribution is 2.43. The Balaban J connectivity index is 1.41. The van der Waals surface area contributed by atoms with Crippen molar-refractivity contribution in [2.45, 2.75) is 0 Å². The zero-order valence-electron chi connectivity index (χ0n) is 26.6. The van der Waals surface area contributed by atoms with Gasteiger partial charge in [0.1, 0.15) is 0 Å². The Bertz CT molecular complexity index is 2990. The molecular formula is C46H29N3. The van der Waals surface area contributed by atoms with Crippen molar-refractivity contribution in [2.75, 3.05) is 0 Å². The van der Waals surface area contributed by atoms with Crippen LogP contribution >= 0.6 is 0 Å². The molecule has 228 valence electrons. The van der Waals surface area contributed by atoms with E-state index in [1.807, 2.05) is 0 Å². The molecule has 49 heavy (non-hydrogen) atoms. The summed E-state index contributed by atoms with van der Waals surface area (Å²) in [5, 5.41) is 10.0. The van der Waals surface area contributed by atoms with Crippen molar-refractivity contribution in [3.63, 3.8) is 0 Å². The van der Waals surface area contributed by atoms with Gasteiger partial charge in [-0.1, -0.05) is 121 Å². The Kier molecular flexibility index (Phi) is 5.38. The van der Waals surface area contributed by atoms with Crippen molar-refractivity contribution in [3.8, 4) is 17.1 Å². The Morgan fingerprint density at radius 2 is 0.714 bits per heavy atom. The molecule has 0 aliphatic carbocycles. The second-order valence-corrected chi connectivity index (χ2v) is 12.9. The number of hydrogen-bond donors (Lipinski definition) is 0. The lowest BCUT2D eigenvalue weighted by atomic mass is 10.0. The van der Waals surface area contributed by atoms with Gasteiger partial charge in [0.25, 0.3) is 0 Å². The smallest absolute Gasteiger partial charge is 0.0724 e. The molecule has 0 aliphatic rings. The van der Waals surface area contributed by atoms with Crippen molar-refractivity contribution >= 4 is 76.2 Å². The van der Waals surface area contributed by atoms with E-state index in [0.29, 0.717) is 0 Å². The molecule has 0 spiro atoms. The maximum atomic E-state index is 2.49. The van der Waals surface area contributed by atoms with Crippen molar-refractivity contribution in [1.29, 1.82) is 0 Å². The van der Waals surface area contributed by atoms with Crippen LogP contribution in [0, 0.1) is 0 Å². The van der Waals surface area contributed by atoms with E-state index in [1.54, 1.807) is 0 Å². The van der Waals surface area contributed by atoms with Gasteiger partial charge < -0.3 is 13.7 Å². The van der Waals surface area contributed by atoms with Gasteiger partial charge in [0.2, 0.25) is 0 Å². The van der Waals surface area contributed by atoms with Gasteiger partial charge in [-0.3, -0.25) is 0 Å². The molecule has 0 saturated heterocycles. The number of benzene rings is 8. The minimum Gasteiger partial charge on any atom is -0.309 e. The molecule has 0 bridgehead atoms. The van der Waals surface area contributed by atoms with Gasteiger partial charge in [-0.2, -0.15) is 0 Å². The van der Waals surface area contributed by atoms with E-state index in [-0.39, 0.29) is 0 Å². The molecule has 8 aromatic carbocycles. The molecule has 0 unspecified atom stereocenters. The number of para-hydroxylation sites is 5. The first-order chi connectivity index (χ1) is 24.3. The summed E-state index contributed by atoms with van der Waals surface area (Å²) < 4.78 is 7.41. The zero-order chi connectivity index (χ0) is 32.1. The van der Waals surface area contributed by atoms with Gasteiger partial charge in [0.15, 0.2) is 0 Å². The molecule has 3 heterocycles. The van der Waals surface area contributed by atoms with Gasteiger partial charge in [-0.15, -0.1) is 0 Å². The first-order valence-electron chi connectivity index (χ1n) is 16.9. The fourth-order valence-electron chi connectivity index (χ4n) is 8.39. The van der Waals surface area contributed by atoms with Crippen LogP contribution in [0.3, 0.4) is 0 Å². The van der Waals surface area contributed by atoms with Crippen LogP contribution in [0.4, 0.5) is 0 Å². The summed E-state index contributed by atoms with van der Waals surface area (Å²) in [5.74, 6) is 0. The van der Waals surface area contributed by atoms with Crippen LogP contribution in [0.1, 0.15) is 0 Å². The predicted octanol–water partition coefficient (Wildman–Crippen LogP) is 12.1. The van der Waals surface area contributed by atoms with E-state index >= 15 is 0 Å². The van der Waals surface area contributed by atoms with Crippen LogP contribution in [0.25, 0.3) is 93.3 Å². The maximum Gasteiger partial charge on any atom is 0.0724 e. The molecule has 11 aromatic rings. The largest absolute Gasteiger partial charge is 0.309 e. The molecule has 11 rings (SSSR count). The third kappa shape index (κ3) is 3.62. The van der Waals surface area contributed by atoms with Crippen molar-refractivity contribution in [3.05, 3.63) is 176 Å². The molecule has 0 amide bonds. The van der Waals surface area contributed by atoms with Gasteiger partial charge in [0, 0.05) is 38.0 Å². The number of nitrogens with zero attached hydrogens (tertiary/aromatic N) is 3.